The van der Waals surface area contributed by atoms with Crippen LogP contribution in [-0.2, 0) is 16.0 Å². The molecule has 0 saturated carbocycles. The zero-order valence-electron chi connectivity index (χ0n) is 22.8. The molecule has 6 rings (SSSR count). The van der Waals surface area contributed by atoms with Crippen molar-refractivity contribution in [2.75, 3.05) is 34.4 Å². The number of benzene rings is 2. The summed E-state index contributed by atoms with van der Waals surface area (Å²) in [5, 5.41) is 1.08. The lowest BCUT2D eigenvalue weighted by atomic mass is 9.86. The van der Waals surface area contributed by atoms with Gasteiger partial charge in [0.2, 0.25) is 17.6 Å². The Kier molecular flexibility index (Phi) is 6.71. The van der Waals surface area contributed by atoms with Crippen LogP contribution in [0.1, 0.15) is 55.0 Å². The Balaban J connectivity index is 1.44. The predicted molar refractivity (Wildman–Crippen MR) is 148 cm³/mol. The van der Waals surface area contributed by atoms with E-state index in [4.69, 9.17) is 14.2 Å². The number of nitrogens with zero attached hydrogens (tertiary/aromatic N) is 2. The third-order valence-electron chi connectivity index (χ3n) is 8.43. The fraction of sp³-hybridized carbons (Fsp3) is 0.419. The summed E-state index contributed by atoms with van der Waals surface area (Å²) in [5.41, 5.74) is 5.18. The molecule has 8 nitrogen and oxygen atoms in total. The fourth-order valence-electron chi connectivity index (χ4n) is 6.53. The summed E-state index contributed by atoms with van der Waals surface area (Å²) >= 11 is 0. The lowest BCUT2D eigenvalue weighted by Crippen LogP contribution is -2.63. The van der Waals surface area contributed by atoms with Gasteiger partial charge in [-0.25, -0.2) is 0 Å². The van der Waals surface area contributed by atoms with Crippen LogP contribution in [0.5, 0.6) is 17.2 Å². The van der Waals surface area contributed by atoms with Gasteiger partial charge in [-0.3, -0.25) is 9.59 Å². The molecule has 39 heavy (non-hydrogen) atoms. The van der Waals surface area contributed by atoms with Crippen LogP contribution in [0.25, 0.3) is 10.9 Å². The van der Waals surface area contributed by atoms with Crippen LogP contribution >= 0.6 is 0 Å². The highest BCUT2D eigenvalue weighted by Gasteiger charge is 2.48. The van der Waals surface area contributed by atoms with Gasteiger partial charge >= 0.3 is 0 Å². The summed E-state index contributed by atoms with van der Waals surface area (Å²) in [6.45, 7) is 0.662. The number of hydrogen-bond donors (Lipinski definition) is 1. The average molecular weight is 530 g/mol. The number of fused-ring (bicyclic) bond motifs is 4. The summed E-state index contributed by atoms with van der Waals surface area (Å²) in [6.07, 6.45) is 8.26. The number of carbonyl (C=O) groups is 2. The summed E-state index contributed by atoms with van der Waals surface area (Å²) in [7, 11) is 4.72. The number of methoxy groups -OCH3 is 3. The molecule has 3 aliphatic rings. The molecule has 0 radical (unpaired) electrons. The van der Waals surface area contributed by atoms with Crippen LogP contribution in [0.2, 0.25) is 0 Å². The van der Waals surface area contributed by atoms with E-state index < -0.39 is 12.1 Å². The molecule has 1 aromatic heterocycles. The number of aromatic nitrogens is 1. The van der Waals surface area contributed by atoms with E-state index in [1.165, 1.54) is 18.4 Å². The lowest BCUT2D eigenvalue weighted by Gasteiger charge is -2.47. The molecule has 3 heterocycles. The standard InChI is InChI=1S/C31H35N3O5/c1-37-25-15-20(16-26(38-2)30(25)39-3)29-28-22(21-11-7-8-12-23(21)32-28)17-24-31(36)33(18-27(35)34(24)29)14-13-19-9-5-4-6-10-19/h7-9,11-12,15-16,24,29,32H,4-6,10,13-14,17-18H2,1-3H3. The monoisotopic (exact) mass is 529 g/mol. The number of rotatable bonds is 7. The van der Waals surface area contributed by atoms with Crippen LogP contribution in [0.4, 0.5) is 0 Å². The average Bonchev–Trinajstić information content (AvgIpc) is 3.35. The largest absolute Gasteiger partial charge is 0.493 e. The zero-order chi connectivity index (χ0) is 27.1. The van der Waals surface area contributed by atoms with Gasteiger partial charge in [0.1, 0.15) is 6.04 Å². The molecule has 2 aromatic carbocycles. The molecule has 2 amide bonds. The van der Waals surface area contributed by atoms with E-state index in [2.05, 4.69) is 17.1 Å². The number of aromatic amines is 1. The molecule has 1 aliphatic carbocycles. The minimum atomic E-state index is -0.581. The first-order chi connectivity index (χ1) is 19.0. The summed E-state index contributed by atoms with van der Waals surface area (Å²) < 4.78 is 16.8. The number of para-hydroxylation sites is 1. The van der Waals surface area contributed by atoms with Gasteiger partial charge in [0, 0.05) is 29.6 Å². The maximum atomic E-state index is 14.0. The van der Waals surface area contributed by atoms with Crippen molar-refractivity contribution in [2.24, 2.45) is 0 Å². The Morgan fingerprint density at radius 1 is 1.00 bits per heavy atom. The Labute approximate surface area is 228 Å². The normalized spacial score (nSPS) is 20.9. The van der Waals surface area contributed by atoms with Crippen LogP contribution in [0, 0.1) is 0 Å². The van der Waals surface area contributed by atoms with Gasteiger partial charge < -0.3 is 29.0 Å². The molecular weight excluding hydrogens is 494 g/mol. The number of amides is 2. The molecular formula is C31H35N3O5. The first-order valence-electron chi connectivity index (χ1n) is 13.7. The number of allylic oxidation sites excluding steroid dienone is 1. The van der Waals surface area contributed by atoms with Gasteiger partial charge in [-0.15, -0.1) is 0 Å². The van der Waals surface area contributed by atoms with Gasteiger partial charge in [0.15, 0.2) is 11.5 Å². The SMILES string of the molecule is COc1cc(C2c3[nH]c4ccccc4c3CC3C(=O)N(CCC4=CCCCC4)CC(=O)N32)cc(OC)c1OC. The second-order valence-electron chi connectivity index (χ2n) is 10.6. The molecule has 1 fully saturated rings. The lowest BCUT2D eigenvalue weighted by molar-refractivity contribution is -0.158. The van der Waals surface area contributed by atoms with Gasteiger partial charge in [0.05, 0.1) is 33.9 Å². The van der Waals surface area contributed by atoms with E-state index in [0.717, 1.165) is 47.0 Å². The topological polar surface area (TPSA) is 84.1 Å². The fourth-order valence-corrected chi connectivity index (χ4v) is 6.53. The molecule has 2 unspecified atom stereocenters. The Morgan fingerprint density at radius 2 is 1.77 bits per heavy atom. The number of hydrogen-bond acceptors (Lipinski definition) is 5. The molecule has 3 aromatic rings. The Bertz CT molecular complexity index is 1430. The highest BCUT2D eigenvalue weighted by molar-refractivity contribution is 5.97. The van der Waals surface area contributed by atoms with Gasteiger partial charge in [-0.05, 0) is 61.4 Å². The molecule has 1 N–H and O–H groups in total. The summed E-state index contributed by atoms with van der Waals surface area (Å²) in [6, 6.07) is 10.8. The van der Waals surface area contributed by atoms with E-state index in [-0.39, 0.29) is 18.4 Å². The first kappa shape index (κ1) is 25.3. The quantitative estimate of drug-likeness (QED) is 0.446. The second-order valence-corrected chi connectivity index (χ2v) is 10.6. The molecule has 0 bridgehead atoms. The van der Waals surface area contributed by atoms with E-state index in [1.807, 2.05) is 30.3 Å². The van der Waals surface area contributed by atoms with Crippen LogP contribution < -0.4 is 14.2 Å². The molecule has 2 atom stereocenters. The molecule has 1 saturated heterocycles. The summed E-state index contributed by atoms with van der Waals surface area (Å²) in [5.74, 6) is 1.45. The number of H-pyrrole nitrogens is 1. The number of ether oxygens (including phenoxy) is 3. The highest BCUT2D eigenvalue weighted by atomic mass is 16.5. The van der Waals surface area contributed by atoms with Crippen molar-refractivity contribution in [2.45, 2.75) is 50.6 Å². The number of carbonyl (C=O) groups excluding carboxylic acids is 2. The van der Waals surface area contributed by atoms with Crippen LogP contribution in [-0.4, -0.2) is 67.1 Å². The highest BCUT2D eigenvalue weighted by Crippen LogP contribution is 2.47. The Hall–Kier alpha value is -3.94. The van der Waals surface area contributed by atoms with Gasteiger partial charge in [0.25, 0.3) is 0 Å². The van der Waals surface area contributed by atoms with E-state index in [0.29, 0.717) is 30.2 Å². The van der Waals surface area contributed by atoms with Gasteiger partial charge in [-0.1, -0.05) is 29.8 Å². The van der Waals surface area contributed by atoms with E-state index in [1.54, 1.807) is 31.1 Å². The zero-order valence-corrected chi connectivity index (χ0v) is 22.8. The molecule has 0 spiro atoms. The summed E-state index contributed by atoms with van der Waals surface area (Å²) in [4.78, 5) is 35.0. The molecule has 204 valence electrons. The third kappa shape index (κ3) is 4.32. The molecule has 2 aliphatic heterocycles. The minimum absolute atomic E-state index is 0.0133. The van der Waals surface area contributed by atoms with Crippen molar-refractivity contribution >= 4 is 22.7 Å². The van der Waals surface area contributed by atoms with Crippen LogP contribution in [0.3, 0.4) is 0 Å². The maximum absolute atomic E-state index is 14.0. The number of piperazine rings is 1. The van der Waals surface area contributed by atoms with Crippen molar-refractivity contribution in [3.8, 4) is 17.2 Å². The molecule has 8 heteroatoms. The van der Waals surface area contributed by atoms with Crippen molar-refractivity contribution < 1.29 is 23.8 Å². The Morgan fingerprint density at radius 3 is 2.46 bits per heavy atom. The minimum Gasteiger partial charge on any atom is -0.493 e. The van der Waals surface area contributed by atoms with Gasteiger partial charge in [-0.2, -0.15) is 0 Å². The number of nitrogens with one attached hydrogen (secondary N) is 1. The van der Waals surface area contributed by atoms with Crippen LogP contribution in [0.15, 0.2) is 48.0 Å². The first-order valence-corrected chi connectivity index (χ1v) is 13.7. The van der Waals surface area contributed by atoms with E-state index in [9.17, 15) is 9.59 Å². The van der Waals surface area contributed by atoms with Crippen molar-refractivity contribution in [1.82, 2.24) is 14.8 Å². The van der Waals surface area contributed by atoms with Crippen molar-refractivity contribution in [3.05, 3.63) is 64.9 Å². The predicted octanol–water partition coefficient (Wildman–Crippen LogP) is 4.77. The maximum Gasteiger partial charge on any atom is 0.246 e. The van der Waals surface area contributed by atoms with Crippen molar-refractivity contribution in [3.63, 3.8) is 0 Å². The van der Waals surface area contributed by atoms with Crippen molar-refractivity contribution in [1.29, 1.82) is 0 Å². The van der Waals surface area contributed by atoms with E-state index >= 15 is 0 Å². The second kappa shape index (κ2) is 10.3. The smallest absolute Gasteiger partial charge is 0.246 e. The third-order valence-corrected chi connectivity index (χ3v) is 8.43.